The Morgan fingerprint density at radius 3 is 2.50 bits per heavy atom. The summed E-state index contributed by atoms with van der Waals surface area (Å²) in [5, 5.41) is 5.11. The molecule has 2 aromatic rings. The molecule has 3 nitrogen and oxygen atoms in total. The van der Waals surface area contributed by atoms with E-state index in [4.69, 9.17) is 5.73 Å². The fourth-order valence-corrected chi connectivity index (χ4v) is 1.82. The molecule has 0 fully saturated rings. The van der Waals surface area contributed by atoms with Crippen LogP contribution in [0.2, 0.25) is 0 Å². The van der Waals surface area contributed by atoms with Gasteiger partial charge in [-0.1, -0.05) is 43.3 Å². The van der Waals surface area contributed by atoms with Gasteiger partial charge in [-0.3, -0.25) is 4.79 Å². The van der Waals surface area contributed by atoms with Crippen LogP contribution in [0.3, 0.4) is 0 Å². The zero-order valence-corrected chi connectivity index (χ0v) is 10.7. The monoisotopic (exact) mass is 242 g/mol. The van der Waals surface area contributed by atoms with Crippen LogP contribution in [0.4, 0.5) is 5.69 Å². The molecule has 1 amide bonds. The summed E-state index contributed by atoms with van der Waals surface area (Å²) < 4.78 is 0. The van der Waals surface area contributed by atoms with E-state index in [0.717, 1.165) is 16.5 Å². The molecular formula is C15H18N2O. The van der Waals surface area contributed by atoms with E-state index in [9.17, 15) is 4.79 Å². The first-order valence-electron chi connectivity index (χ1n) is 6.14. The van der Waals surface area contributed by atoms with Crippen LogP contribution in [-0.2, 0) is 4.79 Å². The number of hydrogen-bond donors (Lipinski definition) is 2. The summed E-state index contributed by atoms with van der Waals surface area (Å²) in [5.74, 6) is -0.245. The third-order valence-corrected chi connectivity index (χ3v) is 3.25. The summed E-state index contributed by atoms with van der Waals surface area (Å²) in [4.78, 5) is 12.0. The smallest absolute Gasteiger partial charge is 0.228 e. The molecule has 0 heterocycles. The summed E-state index contributed by atoms with van der Waals surface area (Å²) in [6, 6.07) is 13.7. The quantitative estimate of drug-likeness (QED) is 0.869. The second kappa shape index (κ2) is 5.19. The summed E-state index contributed by atoms with van der Waals surface area (Å²) in [6.07, 6.45) is 0. The highest BCUT2D eigenvalue weighted by Crippen LogP contribution is 2.23. The maximum absolute atomic E-state index is 12.0. The van der Waals surface area contributed by atoms with Crippen molar-refractivity contribution in [3.05, 3.63) is 42.5 Å². The predicted molar refractivity (Wildman–Crippen MR) is 75.4 cm³/mol. The Kier molecular flexibility index (Phi) is 3.63. The Hall–Kier alpha value is -1.87. The topological polar surface area (TPSA) is 55.1 Å². The number of nitrogens with one attached hydrogen (secondary N) is 1. The van der Waals surface area contributed by atoms with Crippen LogP contribution in [0, 0.1) is 5.92 Å². The van der Waals surface area contributed by atoms with E-state index in [1.165, 1.54) is 0 Å². The molecule has 0 aliphatic rings. The summed E-state index contributed by atoms with van der Waals surface area (Å²) in [7, 11) is 0. The number of anilines is 1. The van der Waals surface area contributed by atoms with Crippen LogP contribution in [-0.4, -0.2) is 11.9 Å². The molecule has 0 radical (unpaired) electrons. The highest BCUT2D eigenvalue weighted by molar-refractivity contribution is 6.02. The number of amides is 1. The summed E-state index contributed by atoms with van der Waals surface area (Å²) in [5.41, 5.74) is 6.58. The Bertz CT molecular complexity index is 558. The van der Waals surface area contributed by atoms with Crippen molar-refractivity contribution in [2.75, 3.05) is 5.32 Å². The maximum Gasteiger partial charge on any atom is 0.228 e. The standard InChI is InChI=1S/C15H18N2O/c1-10(11(2)16)15(18)17-14-9-5-7-12-6-3-4-8-13(12)14/h3-11H,16H2,1-2H3,(H,17,18). The van der Waals surface area contributed by atoms with Crippen LogP contribution >= 0.6 is 0 Å². The zero-order valence-electron chi connectivity index (χ0n) is 10.7. The SMILES string of the molecule is CC(N)C(C)C(=O)Nc1cccc2ccccc12. The normalized spacial score (nSPS) is 14.2. The number of carbonyl (C=O) groups is 1. The van der Waals surface area contributed by atoms with Gasteiger partial charge in [0.1, 0.15) is 0 Å². The van der Waals surface area contributed by atoms with Gasteiger partial charge in [-0.05, 0) is 18.4 Å². The van der Waals surface area contributed by atoms with E-state index >= 15 is 0 Å². The average molecular weight is 242 g/mol. The van der Waals surface area contributed by atoms with E-state index in [0.29, 0.717) is 0 Å². The van der Waals surface area contributed by atoms with Gasteiger partial charge >= 0.3 is 0 Å². The molecule has 0 bridgehead atoms. The molecule has 0 saturated heterocycles. The minimum absolute atomic E-state index is 0.0404. The minimum Gasteiger partial charge on any atom is -0.327 e. The van der Waals surface area contributed by atoms with Gasteiger partial charge in [0.2, 0.25) is 5.91 Å². The lowest BCUT2D eigenvalue weighted by Gasteiger charge is -2.16. The van der Waals surface area contributed by atoms with Gasteiger partial charge in [0.05, 0.1) is 5.92 Å². The Labute approximate surface area is 107 Å². The Morgan fingerprint density at radius 2 is 1.78 bits per heavy atom. The third-order valence-electron chi connectivity index (χ3n) is 3.25. The molecule has 0 aromatic heterocycles. The van der Waals surface area contributed by atoms with Crippen LogP contribution in [0.5, 0.6) is 0 Å². The highest BCUT2D eigenvalue weighted by atomic mass is 16.1. The number of hydrogen-bond acceptors (Lipinski definition) is 2. The molecular weight excluding hydrogens is 224 g/mol. The third kappa shape index (κ3) is 2.51. The number of rotatable bonds is 3. The lowest BCUT2D eigenvalue weighted by molar-refractivity contribution is -0.119. The van der Waals surface area contributed by atoms with Gasteiger partial charge in [0.15, 0.2) is 0 Å². The van der Waals surface area contributed by atoms with Crippen LogP contribution in [0.1, 0.15) is 13.8 Å². The number of fused-ring (bicyclic) bond motifs is 1. The largest absolute Gasteiger partial charge is 0.327 e. The molecule has 0 aliphatic carbocycles. The summed E-state index contributed by atoms with van der Waals surface area (Å²) in [6.45, 7) is 3.68. The molecule has 0 spiro atoms. The van der Waals surface area contributed by atoms with Gasteiger partial charge < -0.3 is 11.1 Å². The highest BCUT2D eigenvalue weighted by Gasteiger charge is 2.17. The second-order valence-electron chi connectivity index (χ2n) is 4.66. The number of carbonyl (C=O) groups excluding carboxylic acids is 1. The van der Waals surface area contributed by atoms with E-state index in [1.807, 2.05) is 56.3 Å². The molecule has 0 saturated carbocycles. The van der Waals surface area contributed by atoms with Crippen molar-refractivity contribution >= 4 is 22.4 Å². The second-order valence-corrected chi connectivity index (χ2v) is 4.66. The van der Waals surface area contributed by atoms with E-state index in [-0.39, 0.29) is 17.9 Å². The summed E-state index contributed by atoms with van der Waals surface area (Å²) >= 11 is 0. The van der Waals surface area contributed by atoms with E-state index < -0.39 is 0 Å². The first-order valence-corrected chi connectivity index (χ1v) is 6.14. The van der Waals surface area contributed by atoms with Gasteiger partial charge in [-0.25, -0.2) is 0 Å². The van der Waals surface area contributed by atoms with Crippen molar-refractivity contribution in [1.29, 1.82) is 0 Å². The van der Waals surface area contributed by atoms with Crippen molar-refractivity contribution in [3.63, 3.8) is 0 Å². The fourth-order valence-electron chi connectivity index (χ4n) is 1.82. The molecule has 0 aliphatic heterocycles. The predicted octanol–water partition coefficient (Wildman–Crippen LogP) is 2.76. The lowest BCUT2D eigenvalue weighted by Crippen LogP contribution is -2.34. The van der Waals surface area contributed by atoms with Crippen molar-refractivity contribution in [2.24, 2.45) is 11.7 Å². The van der Waals surface area contributed by atoms with Crippen LogP contribution < -0.4 is 11.1 Å². The zero-order chi connectivity index (χ0) is 13.1. The average Bonchev–Trinajstić information content (AvgIpc) is 2.38. The van der Waals surface area contributed by atoms with Crippen molar-refractivity contribution in [1.82, 2.24) is 0 Å². The van der Waals surface area contributed by atoms with Gasteiger partial charge in [0.25, 0.3) is 0 Å². The van der Waals surface area contributed by atoms with Crippen LogP contribution in [0.25, 0.3) is 10.8 Å². The van der Waals surface area contributed by atoms with E-state index in [1.54, 1.807) is 0 Å². The van der Waals surface area contributed by atoms with Crippen LogP contribution in [0.15, 0.2) is 42.5 Å². The minimum atomic E-state index is -0.205. The molecule has 2 aromatic carbocycles. The molecule has 2 rings (SSSR count). The molecule has 3 heteroatoms. The molecule has 18 heavy (non-hydrogen) atoms. The molecule has 3 N–H and O–H groups in total. The number of nitrogens with two attached hydrogens (primary N) is 1. The van der Waals surface area contributed by atoms with Crippen molar-refractivity contribution in [2.45, 2.75) is 19.9 Å². The Balaban J connectivity index is 2.30. The molecule has 2 atom stereocenters. The van der Waals surface area contributed by atoms with Gasteiger partial charge in [0, 0.05) is 17.1 Å². The van der Waals surface area contributed by atoms with Crippen molar-refractivity contribution in [3.8, 4) is 0 Å². The molecule has 2 unspecified atom stereocenters. The van der Waals surface area contributed by atoms with Gasteiger partial charge in [-0.15, -0.1) is 0 Å². The van der Waals surface area contributed by atoms with E-state index in [2.05, 4.69) is 5.32 Å². The first-order chi connectivity index (χ1) is 8.59. The molecule has 94 valence electrons. The van der Waals surface area contributed by atoms with Gasteiger partial charge in [-0.2, -0.15) is 0 Å². The fraction of sp³-hybridized carbons (Fsp3) is 0.267. The lowest BCUT2D eigenvalue weighted by atomic mass is 10.0. The van der Waals surface area contributed by atoms with Crippen molar-refractivity contribution < 1.29 is 4.79 Å². The Morgan fingerprint density at radius 1 is 1.11 bits per heavy atom. The maximum atomic E-state index is 12.0. The first kappa shape index (κ1) is 12.6. The number of benzene rings is 2.